The van der Waals surface area contributed by atoms with Crippen LogP contribution in [0.25, 0.3) is 0 Å². The molecular weight excluding hydrogens is 219 g/mol. The molecule has 0 saturated heterocycles. The molecule has 0 N–H and O–H groups in total. The number of carbonyl (C=O) groups excluding carboxylic acids is 1. The van der Waals surface area contributed by atoms with Crippen LogP contribution in [0.4, 0.5) is 0 Å². The molecule has 15 heavy (non-hydrogen) atoms. The van der Waals surface area contributed by atoms with Gasteiger partial charge in [-0.1, -0.05) is 6.58 Å². The summed E-state index contributed by atoms with van der Waals surface area (Å²) in [6, 6.07) is 0. The van der Waals surface area contributed by atoms with Crippen LogP contribution in [-0.2, 0) is 18.6 Å². The highest BCUT2D eigenvalue weighted by Gasteiger charge is 2.03. The van der Waals surface area contributed by atoms with Crippen molar-refractivity contribution in [3.05, 3.63) is 12.2 Å². The zero-order chi connectivity index (χ0) is 11.7. The lowest BCUT2D eigenvalue weighted by Crippen LogP contribution is -2.06. The molecular formula is C9H15O5P. The number of ether oxygens (including phenoxy) is 1. The molecule has 0 aromatic rings. The molecule has 0 aliphatic carbocycles. The van der Waals surface area contributed by atoms with E-state index < -0.39 is 14.2 Å². The smallest absolute Gasteiger partial charge is 0.488 e. The number of hydrogen-bond donors (Lipinski definition) is 0. The Kier molecular flexibility index (Phi) is 8.09. The quantitative estimate of drug-likeness (QED) is 0.274. The van der Waals surface area contributed by atoms with Crippen LogP contribution in [0.1, 0.15) is 26.2 Å². The van der Waals surface area contributed by atoms with E-state index in [9.17, 15) is 14.3 Å². The first kappa shape index (κ1) is 14.2. The third kappa shape index (κ3) is 9.53. The van der Waals surface area contributed by atoms with Crippen molar-refractivity contribution < 1.29 is 23.5 Å². The molecule has 0 aliphatic heterocycles. The molecule has 1 unspecified atom stereocenters. The fourth-order valence-electron chi connectivity index (χ4n) is 0.808. The first-order valence-corrected chi connectivity index (χ1v) is 5.73. The average molecular weight is 234 g/mol. The largest absolute Gasteiger partial charge is 0.566 e. The van der Waals surface area contributed by atoms with Gasteiger partial charge in [-0.3, -0.25) is 0 Å². The zero-order valence-corrected chi connectivity index (χ0v) is 9.63. The van der Waals surface area contributed by atoms with Gasteiger partial charge in [0, 0.05) is 5.57 Å². The second kappa shape index (κ2) is 8.53. The number of hydrogen-bond acceptors (Lipinski definition) is 5. The highest BCUT2D eigenvalue weighted by Crippen LogP contribution is 2.10. The van der Waals surface area contributed by atoms with Gasteiger partial charge in [0.25, 0.3) is 0 Å². The summed E-state index contributed by atoms with van der Waals surface area (Å²) in [7, 11) is -2.74. The first-order valence-electron chi connectivity index (χ1n) is 4.64. The molecule has 0 radical (unpaired) electrons. The minimum absolute atomic E-state index is 0.188. The molecule has 0 spiro atoms. The SMILES string of the molecule is C=C(C)C(=O)OCCCCCO[P+](=O)[O-]. The fraction of sp³-hybridized carbons (Fsp3) is 0.667. The van der Waals surface area contributed by atoms with Gasteiger partial charge in [0.05, 0.1) is 6.61 Å². The predicted octanol–water partition coefficient (Wildman–Crippen LogP) is 1.31. The molecule has 0 bridgehead atoms. The monoisotopic (exact) mass is 234 g/mol. The normalized spacial score (nSPS) is 10.9. The molecule has 0 saturated carbocycles. The van der Waals surface area contributed by atoms with Crippen LogP contribution in [0.3, 0.4) is 0 Å². The maximum atomic E-state index is 10.9. The van der Waals surface area contributed by atoms with Crippen molar-refractivity contribution in [2.24, 2.45) is 0 Å². The molecule has 1 atom stereocenters. The van der Waals surface area contributed by atoms with Gasteiger partial charge < -0.3 is 9.63 Å². The van der Waals surface area contributed by atoms with Crippen LogP contribution >= 0.6 is 8.25 Å². The van der Waals surface area contributed by atoms with E-state index in [4.69, 9.17) is 4.74 Å². The lowest BCUT2D eigenvalue weighted by molar-refractivity contribution is -0.185. The van der Waals surface area contributed by atoms with Gasteiger partial charge in [-0.15, -0.1) is 4.52 Å². The Labute approximate surface area is 90.0 Å². The molecule has 0 fully saturated rings. The fourth-order valence-corrected chi connectivity index (χ4v) is 1.09. The summed E-state index contributed by atoms with van der Waals surface area (Å²) in [5.41, 5.74) is 0.377. The molecule has 6 heteroatoms. The van der Waals surface area contributed by atoms with Crippen LogP contribution in [0, 0.1) is 0 Å². The standard InChI is InChI=1S/C9H15O5P/c1-8(2)9(10)13-6-4-3-5-7-14-15(11)12/h1,3-7H2,2H3. The maximum absolute atomic E-state index is 10.9. The van der Waals surface area contributed by atoms with Crippen molar-refractivity contribution >= 4 is 14.2 Å². The summed E-state index contributed by atoms with van der Waals surface area (Å²) < 4.78 is 19.2. The Morgan fingerprint density at radius 1 is 1.33 bits per heavy atom. The molecule has 0 aliphatic rings. The number of carbonyl (C=O) groups is 1. The minimum atomic E-state index is -2.74. The lowest BCUT2D eigenvalue weighted by Gasteiger charge is -2.03. The summed E-state index contributed by atoms with van der Waals surface area (Å²) in [6.45, 7) is 5.54. The highest BCUT2D eigenvalue weighted by atomic mass is 31.1. The summed E-state index contributed by atoms with van der Waals surface area (Å²) in [6.07, 6.45) is 2.08. The molecule has 5 nitrogen and oxygen atoms in total. The summed E-state index contributed by atoms with van der Waals surface area (Å²) in [5.74, 6) is -0.395. The van der Waals surface area contributed by atoms with Gasteiger partial charge in [0.15, 0.2) is 0 Å². The lowest BCUT2D eigenvalue weighted by atomic mass is 10.2. The molecule has 0 amide bonds. The minimum Gasteiger partial charge on any atom is -0.566 e. The van der Waals surface area contributed by atoms with E-state index in [1.165, 1.54) is 0 Å². The Morgan fingerprint density at radius 2 is 1.93 bits per heavy atom. The molecule has 0 aromatic carbocycles. The summed E-state index contributed by atoms with van der Waals surface area (Å²) in [4.78, 5) is 20.9. The van der Waals surface area contributed by atoms with Crippen molar-refractivity contribution in [2.75, 3.05) is 13.2 Å². The Balaban J connectivity index is 3.22. The van der Waals surface area contributed by atoms with Crippen molar-refractivity contribution in [1.29, 1.82) is 0 Å². The van der Waals surface area contributed by atoms with Crippen LogP contribution in [0.15, 0.2) is 12.2 Å². The van der Waals surface area contributed by atoms with E-state index in [1.54, 1.807) is 6.92 Å². The molecule has 0 rings (SSSR count). The Bertz CT molecular complexity index is 239. The summed E-state index contributed by atoms with van der Waals surface area (Å²) in [5, 5.41) is 0. The van der Waals surface area contributed by atoms with E-state index >= 15 is 0 Å². The summed E-state index contributed by atoms with van der Waals surface area (Å²) >= 11 is 0. The second-order valence-electron chi connectivity index (χ2n) is 3.03. The van der Waals surface area contributed by atoms with Gasteiger partial charge in [0.1, 0.15) is 6.61 Å². The second-order valence-corrected chi connectivity index (χ2v) is 3.74. The van der Waals surface area contributed by atoms with Crippen LogP contribution in [0.5, 0.6) is 0 Å². The van der Waals surface area contributed by atoms with Crippen molar-refractivity contribution in [3.63, 3.8) is 0 Å². The van der Waals surface area contributed by atoms with E-state index in [0.29, 0.717) is 25.0 Å². The van der Waals surface area contributed by atoms with Gasteiger partial charge in [-0.05, 0) is 30.8 Å². The first-order chi connectivity index (χ1) is 7.04. The van der Waals surface area contributed by atoms with Crippen molar-refractivity contribution in [3.8, 4) is 0 Å². The molecule has 86 valence electrons. The average Bonchev–Trinajstić information content (AvgIpc) is 2.15. The van der Waals surface area contributed by atoms with Gasteiger partial charge >= 0.3 is 14.2 Å². The van der Waals surface area contributed by atoms with Crippen LogP contribution in [-0.4, -0.2) is 19.2 Å². The van der Waals surface area contributed by atoms with Gasteiger partial charge in [-0.2, -0.15) is 0 Å². The van der Waals surface area contributed by atoms with E-state index in [2.05, 4.69) is 11.1 Å². The number of esters is 1. The highest BCUT2D eigenvalue weighted by molar-refractivity contribution is 7.30. The van der Waals surface area contributed by atoms with Crippen LogP contribution in [0.2, 0.25) is 0 Å². The van der Waals surface area contributed by atoms with Crippen LogP contribution < -0.4 is 4.89 Å². The van der Waals surface area contributed by atoms with Gasteiger partial charge in [0.2, 0.25) is 0 Å². The van der Waals surface area contributed by atoms with Crippen molar-refractivity contribution in [1.82, 2.24) is 0 Å². The third-order valence-electron chi connectivity index (χ3n) is 1.57. The third-order valence-corrected chi connectivity index (χ3v) is 1.96. The Morgan fingerprint density at radius 3 is 2.47 bits per heavy atom. The Hall–Kier alpha value is -0.770. The topological polar surface area (TPSA) is 75.7 Å². The maximum Gasteiger partial charge on any atom is 0.488 e. The molecule has 0 heterocycles. The van der Waals surface area contributed by atoms with E-state index in [0.717, 1.165) is 6.42 Å². The van der Waals surface area contributed by atoms with Gasteiger partial charge in [-0.25, -0.2) is 4.79 Å². The number of rotatable bonds is 8. The molecule has 0 aromatic heterocycles. The zero-order valence-electron chi connectivity index (χ0n) is 8.73. The predicted molar refractivity (Wildman–Crippen MR) is 53.2 cm³/mol. The van der Waals surface area contributed by atoms with Crippen molar-refractivity contribution in [2.45, 2.75) is 26.2 Å². The van der Waals surface area contributed by atoms with E-state index in [1.807, 2.05) is 0 Å². The number of unbranched alkanes of at least 4 members (excludes halogenated alkanes) is 2. The van der Waals surface area contributed by atoms with E-state index in [-0.39, 0.29) is 6.61 Å².